The van der Waals surface area contributed by atoms with Crippen molar-refractivity contribution in [3.63, 3.8) is 0 Å². The summed E-state index contributed by atoms with van der Waals surface area (Å²) in [5, 5.41) is 6.29. The van der Waals surface area contributed by atoms with Crippen molar-refractivity contribution in [2.45, 2.75) is 63.5 Å². The van der Waals surface area contributed by atoms with Gasteiger partial charge in [0.05, 0.1) is 6.04 Å². The van der Waals surface area contributed by atoms with E-state index < -0.39 is 0 Å². The molecule has 0 spiro atoms. The Balaban J connectivity index is 1.54. The van der Waals surface area contributed by atoms with Gasteiger partial charge in [0.25, 0.3) is 0 Å². The van der Waals surface area contributed by atoms with Gasteiger partial charge in [-0.15, -0.1) is 0 Å². The summed E-state index contributed by atoms with van der Waals surface area (Å²) in [6.45, 7) is 2.90. The first-order valence-electron chi connectivity index (χ1n) is 7.98. The minimum absolute atomic E-state index is 0.0658. The van der Waals surface area contributed by atoms with Crippen LogP contribution < -0.4 is 10.6 Å². The molecule has 1 heterocycles. The summed E-state index contributed by atoms with van der Waals surface area (Å²) >= 11 is 0. The molecular formula is C15H29N3O. The summed E-state index contributed by atoms with van der Waals surface area (Å²) in [6, 6.07) is 0.844. The lowest BCUT2D eigenvalue weighted by atomic mass is 9.94. The predicted octanol–water partition coefficient (Wildman–Crippen LogP) is 1.51. The van der Waals surface area contributed by atoms with Crippen LogP contribution in [0, 0.1) is 0 Å². The molecule has 0 aromatic carbocycles. The molecule has 4 nitrogen and oxygen atoms in total. The molecular weight excluding hydrogens is 238 g/mol. The number of amides is 1. The Morgan fingerprint density at radius 2 is 2.00 bits per heavy atom. The Hall–Kier alpha value is -0.610. The van der Waals surface area contributed by atoms with Gasteiger partial charge in [-0.05, 0) is 52.2 Å². The zero-order valence-corrected chi connectivity index (χ0v) is 12.3. The SMILES string of the molecule is CN(CCCNC(=O)[C@@H]1CCCN1)C1CCCCC1. The van der Waals surface area contributed by atoms with Crippen LogP contribution in [0.2, 0.25) is 0 Å². The maximum absolute atomic E-state index is 11.8. The molecule has 1 amide bonds. The molecule has 0 unspecified atom stereocenters. The lowest BCUT2D eigenvalue weighted by molar-refractivity contribution is -0.122. The van der Waals surface area contributed by atoms with Crippen molar-refractivity contribution in [2.24, 2.45) is 0 Å². The molecule has 19 heavy (non-hydrogen) atoms. The molecule has 4 heteroatoms. The number of nitrogens with one attached hydrogen (secondary N) is 2. The first-order chi connectivity index (χ1) is 9.27. The Morgan fingerprint density at radius 3 is 2.68 bits per heavy atom. The van der Waals surface area contributed by atoms with Crippen LogP contribution in [-0.4, -0.2) is 49.6 Å². The minimum Gasteiger partial charge on any atom is -0.355 e. The number of hydrogen-bond donors (Lipinski definition) is 2. The van der Waals surface area contributed by atoms with E-state index >= 15 is 0 Å². The van der Waals surface area contributed by atoms with Crippen molar-refractivity contribution in [3.8, 4) is 0 Å². The maximum atomic E-state index is 11.8. The molecule has 0 aromatic heterocycles. The van der Waals surface area contributed by atoms with Gasteiger partial charge in [-0.3, -0.25) is 4.79 Å². The number of rotatable bonds is 6. The van der Waals surface area contributed by atoms with Gasteiger partial charge in [0.15, 0.2) is 0 Å². The second-order valence-corrected chi connectivity index (χ2v) is 6.07. The van der Waals surface area contributed by atoms with Gasteiger partial charge in [0.1, 0.15) is 0 Å². The first-order valence-corrected chi connectivity index (χ1v) is 7.98. The van der Waals surface area contributed by atoms with Crippen LogP contribution in [0.4, 0.5) is 0 Å². The molecule has 2 N–H and O–H groups in total. The molecule has 2 fully saturated rings. The molecule has 1 atom stereocenters. The van der Waals surface area contributed by atoms with Gasteiger partial charge < -0.3 is 15.5 Å². The van der Waals surface area contributed by atoms with E-state index in [2.05, 4.69) is 22.6 Å². The van der Waals surface area contributed by atoms with E-state index in [1.807, 2.05) is 0 Å². The topological polar surface area (TPSA) is 44.4 Å². The standard InChI is InChI=1S/C15H29N3O/c1-18(13-7-3-2-4-8-13)12-6-11-17-15(19)14-9-5-10-16-14/h13-14,16H,2-12H2,1H3,(H,17,19)/t14-/m0/s1. The summed E-state index contributed by atoms with van der Waals surface area (Å²) in [5.74, 6) is 0.192. The van der Waals surface area contributed by atoms with Crippen LogP contribution in [0.3, 0.4) is 0 Å². The molecule has 2 rings (SSSR count). The van der Waals surface area contributed by atoms with Gasteiger partial charge in [0.2, 0.25) is 5.91 Å². The van der Waals surface area contributed by atoms with E-state index in [4.69, 9.17) is 0 Å². The average molecular weight is 267 g/mol. The van der Waals surface area contributed by atoms with Crippen molar-refractivity contribution in [1.29, 1.82) is 0 Å². The quantitative estimate of drug-likeness (QED) is 0.717. The third kappa shape index (κ3) is 4.77. The summed E-state index contributed by atoms with van der Waals surface area (Å²) < 4.78 is 0. The Morgan fingerprint density at radius 1 is 1.21 bits per heavy atom. The highest BCUT2D eigenvalue weighted by Gasteiger charge is 2.21. The molecule has 1 aliphatic carbocycles. The molecule has 1 saturated heterocycles. The van der Waals surface area contributed by atoms with Crippen molar-refractivity contribution in [1.82, 2.24) is 15.5 Å². The first kappa shape index (κ1) is 14.8. The Bertz CT molecular complexity index is 271. The van der Waals surface area contributed by atoms with Crippen LogP contribution in [0.25, 0.3) is 0 Å². The number of carbonyl (C=O) groups is 1. The van der Waals surface area contributed by atoms with E-state index in [1.165, 1.54) is 32.1 Å². The zero-order chi connectivity index (χ0) is 13.5. The normalized spacial score (nSPS) is 24.8. The van der Waals surface area contributed by atoms with E-state index in [9.17, 15) is 4.79 Å². The minimum atomic E-state index is 0.0658. The van der Waals surface area contributed by atoms with Crippen LogP contribution >= 0.6 is 0 Å². The summed E-state index contributed by atoms with van der Waals surface area (Å²) in [4.78, 5) is 14.3. The molecule has 1 aliphatic heterocycles. The monoisotopic (exact) mass is 267 g/mol. The number of carbonyl (C=O) groups excluding carboxylic acids is 1. The van der Waals surface area contributed by atoms with Crippen LogP contribution in [0.1, 0.15) is 51.4 Å². The number of nitrogens with zero attached hydrogens (tertiary/aromatic N) is 1. The average Bonchev–Trinajstić information content (AvgIpc) is 2.98. The Labute approximate surface area is 117 Å². The van der Waals surface area contributed by atoms with Gasteiger partial charge >= 0.3 is 0 Å². The largest absolute Gasteiger partial charge is 0.355 e. The van der Waals surface area contributed by atoms with E-state index in [0.717, 1.165) is 44.9 Å². The van der Waals surface area contributed by atoms with Gasteiger partial charge in [-0.2, -0.15) is 0 Å². The van der Waals surface area contributed by atoms with E-state index in [1.54, 1.807) is 0 Å². The molecule has 0 aromatic rings. The third-order valence-electron chi connectivity index (χ3n) is 4.56. The lowest BCUT2D eigenvalue weighted by Crippen LogP contribution is -2.41. The second-order valence-electron chi connectivity index (χ2n) is 6.07. The fourth-order valence-electron chi connectivity index (χ4n) is 3.28. The smallest absolute Gasteiger partial charge is 0.237 e. The Kier molecular flexibility index (Phi) is 6.11. The molecule has 110 valence electrons. The molecule has 2 aliphatic rings. The third-order valence-corrected chi connectivity index (χ3v) is 4.56. The summed E-state index contributed by atoms with van der Waals surface area (Å²) in [5.41, 5.74) is 0. The molecule has 0 radical (unpaired) electrons. The highest BCUT2D eigenvalue weighted by atomic mass is 16.2. The van der Waals surface area contributed by atoms with Gasteiger partial charge in [-0.1, -0.05) is 19.3 Å². The summed E-state index contributed by atoms with van der Waals surface area (Å²) in [6.07, 6.45) is 10.1. The van der Waals surface area contributed by atoms with Crippen LogP contribution in [-0.2, 0) is 4.79 Å². The molecule has 0 bridgehead atoms. The lowest BCUT2D eigenvalue weighted by Gasteiger charge is -2.31. The molecule has 1 saturated carbocycles. The van der Waals surface area contributed by atoms with Crippen molar-refractivity contribution >= 4 is 5.91 Å². The fourth-order valence-corrected chi connectivity index (χ4v) is 3.28. The van der Waals surface area contributed by atoms with Crippen LogP contribution in [0.15, 0.2) is 0 Å². The highest BCUT2D eigenvalue weighted by molar-refractivity contribution is 5.81. The van der Waals surface area contributed by atoms with Crippen LogP contribution in [0.5, 0.6) is 0 Å². The maximum Gasteiger partial charge on any atom is 0.237 e. The van der Waals surface area contributed by atoms with Gasteiger partial charge in [-0.25, -0.2) is 0 Å². The predicted molar refractivity (Wildman–Crippen MR) is 78.2 cm³/mol. The van der Waals surface area contributed by atoms with E-state index in [-0.39, 0.29) is 11.9 Å². The highest BCUT2D eigenvalue weighted by Crippen LogP contribution is 2.21. The van der Waals surface area contributed by atoms with Crippen molar-refractivity contribution < 1.29 is 4.79 Å². The van der Waals surface area contributed by atoms with E-state index in [0.29, 0.717) is 0 Å². The second kappa shape index (κ2) is 7.85. The van der Waals surface area contributed by atoms with Crippen molar-refractivity contribution in [2.75, 3.05) is 26.7 Å². The summed E-state index contributed by atoms with van der Waals surface area (Å²) in [7, 11) is 2.23. The number of hydrogen-bond acceptors (Lipinski definition) is 3. The zero-order valence-electron chi connectivity index (χ0n) is 12.3. The van der Waals surface area contributed by atoms with Crippen molar-refractivity contribution in [3.05, 3.63) is 0 Å². The fraction of sp³-hybridized carbons (Fsp3) is 0.933. The van der Waals surface area contributed by atoms with Gasteiger partial charge in [0, 0.05) is 12.6 Å².